The number of phenolic OH excluding ortho intramolecular Hbond substituents is 1. The predicted octanol–water partition coefficient (Wildman–Crippen LogP) is 1.71. The van der Waals surface area contributed by atoms with Gasteiger partial charge in [-0.25, -0.2) is 0 Å². The van der Waals surface area contributed by atoms with Crippen molar-refractivity contribution in [2.75, 3.05) is 0 Å². The maximum atomic E-state index is 9.12. The van der Waals surface area contributed by atoms with Crippen molar-refractivity contribution in [1.29, 1.82) is 0 Å². The normalized spacial score (nSPS) is 12.8. The maximum Gasteiger partial charge on any atom is 0.115 e. The molecule has 2 N–H and O–H groups in total. The molecular weight excluding hydrogens is 152 g/mol. The average Bonchev–Trinajstić information content (AvgIpc) is 2.01. The number of aliphatic hydroxyl groups is 1. The van der Waals surface area contributed by atoms with Crippen molar-refractivity contribution in [2.24, 2.45) is 0 Å². The molecule has 1 atom stereocenters. The molecule has 12 heavy (non-hydrogen) atoms. The Kier molecular flexibility index (Phi) is 3.11. The number of phenols is 1. The minimum Gasteiger partial charge on any atom is -0.508 e. The molecule has 0 fully saturated rings. The summed E-state index contributed by atoms with van der Waals surface area (Å²) in [6.07, 6.45) is 1.28. The van der Waals surface area contributed by atoms with Crippen LogP contribution in [0.25, 0.3) is 0 Å². The summed E-state index contributed by atoms with van der Waals surface area (Å²) in [5.41, 5.74) is 1.07. The van der Waals surface area contributed by atoms with E-state index in [1.54, 1.807) is 19.1 Å². The standard InChI is InChI=1S/C10H14O2/c1-8(11)5-6-9-3-2-4-10(12)7-9/h2-4,7-8,11-12H,5-6H2,1H3/t8-/m1/s1. The Balaban J connectivity index is 2.52. The van der Waals surface area contributed by atoms with Gasteiger partial charge in [0.1, 0.15) is 5.75 Å². The molecule has 0 aliphatic heterocycles. The highest BCUT2D eigenvalue weighted by Gasteiger charge is 1.98. The summed E-state index contributed by atoms with van der Waals surface area (Å²) in [5, 5.41) is 18.1. The van der Waals surface area contributed by atoms with E-state index in [1.807, 2.05) is 12.1 Å². The van der Waals surface area contributed by atoms with Crippen LogP contribution in [0, 0.1) is 0 Å². The highest BCUT2D eigenvalue weighted by molar-refractivity contribution is 5.27. The van der Waals surface area contributed by atoms with Crippen LogP contribution in [0.15, 0.2) is 24.3 Å². The van der Waals surface area contributed by atoms with Crippen molar-refractivity contribution < 1.29 is 10.2 Å². The molecule has 0 amide bonds. The van der Waals surface area contributed by atoms with Crippen molar-refractivity contribution in [3.05, 3.63) is 29.8 Å². The van der Waals surface area contributed by atoms with Gasteiger partial charge >= 0.3 is 0 Å². The van der Waals surface area contributed by atoms with Crippen LogP contribution in [0.3, 0.4) is 0 Å². The fourth-order valence-corrected chi connectivity index (χ4v) is 1.09. The Morgan fingerprint density at radius 1 is 1.42 bits per heavy atom. The molecule has 0 bridgehead atoms. The first-order valence-corrected chi connectivity index (χ1v) is 4.14. The highest BCUT2D eigenvalue weighted by Crippen LogP contribution is 2.12. The first kappa shape index (κ1) is 9.07. The van der Waals surface area contributed by atoms with E-state index in [2.05, 4.69) is 0 Å². The molecule has 0 saturated heterocycles. The largest absolute Gasteiger partial charge is 0.508 e. The summed E-state index contributed by atoms with van der Waals surface area (Å²) < 4.78 is 0. The summed E-state index contributed by atoms with van der Waals surface area (Å²) in [5.74, 6) is 0.290. The van der Waals surface area contributed by atoms with Crippen molar-refractivity contribution in [3.63, 3.8) is 0 Å². The van der Waals surface area contributed by atoms with Gasteiger partial charge in [0.05, 0.1) is 6.10 Å². The lowest BCUT2D eigenvalue weighted by Crippen LogP contribution is -2.00. The summed E-state index contributed by atoms with van der Waals surface area (Å²) in [4.78, 5) is 0. The third kappa shape index (κ3) is 2.93. The molecule has 2 heteroatoms. The molecule has 0 aromatic heterocycles. The molecule has 1 rings (SSSR count). The van der Waals surface area contributed by atoms with E-state index < -0.39 is 0 Å². The molecule has 0 spiro atoms. The fourth-order valence-electron chi connectivity index (χ4n) is 1.09. The van der Waals surface area contributed by atoms with Crippen molar-refractivity contribution in [3.8, 4) is 5.75 Å². The van der Waals surface area contributed by atoms with Crippen LogP contribution in [0.1, 0.15) is 18.9 Å². The second-order valence-corrected chi connectivity index (χ2v) is 3.06. The number of hydrogen-bond acceptors (Lipinski definition) is 2. The van der Waals surface area contributed by atoms with Gasteiger partial charge in [0, 0.05) is 0 Å². The molecule has 0 unspecified atom stereocenters. The van der Waals surface area contributed by atoms with Gasteiger partial charge in [-0.05, 0) is 37.5 Å². The SMILES string of the molecule is C[C@@H](O)CCc1cccc(O)c1. The lowest BCUT2D eigenvalue weighted by Gasteiger charge is -2.03. The number of rotatable bonds is 3. The first-order valence-electron chi connectivity index (χ1n) is 4.14. The summed E-state index contributed by atoms with van der Waals surface area (Å²) in [7, 11) is 0. The van der Waals surface area contributed by atoms with Gasteiger partial charge in [0.25, 0.3) is 0 Å². The molecule has 1 aromatic rings. The van der Waals surface area contributed by atoms with Gasteiger partial charge in [-0.3, -0.25) is 0 Å². The van der Waals surface area contributed by atoms with Gasteiger partial charge < -0.3 is 10.2 Å². The maximum absolute atomic E-state index is 9.12. The Bertz CT molecular complexity index is 243. The van der Waals surface area contributed by atoms with Crippen LogP contribution < -0.4 is 0 Å². The average molecular weight is 166 g/mol. The van der Waals surface area contributed by atoms with E-state index in [9.17, 15) is 0 Å². The zero-order valence-corrected chi connectivity index (χ0v) is 7.20. The number of aromatic hydroxyl groups is 1. The van der Waals surface area contributed by atoms with Crippen LogP contribution in [0.2, 0.25) is 0 Å². The van der Waals surface area contributed by atoms with E-state index in [0.29, 0.717) is 0 Å². The van der Waals surface area contributed by atoms with E-state index in [-0.39, 0.29) is 11.9 Å². The fraction of sp³-hybridized carbons (Fsp3) is 0.400. The third-order valence-electron chi connectivity index (χ3n) is 1.76. The lowest BCUT2D eigenvalue weighted by atomic mass is 10.1. The number of benzene rings is 1. The summed E-state index contributed by atoms with van der Waals surface area (Å²) >= 11 is 0. The van der Waals surface area contributed by atoms with E-state index >= 15 is 0 Å². The monoisotopic (exact) mass is 166 g/mol. The van der Waals surface area contributed by atoms with Crippen LogP contribution in [-0.4, -0.2) is 16.3 Å². The van der Waals surface area contributed by atoms with Gasteiger partial charge in [-0.15, -0.1) is 0 Å². The van der Waals surface area contributed by atoms with Gasteiger partial charge in [0.15, 0.2) is 0 Å². The van der Waals surface area contributed by atoms with Gasteiger partial charge in [0.2, 0.25) is 0 Å². The third-order valence-corrected chi connectivity index (χ3v) is 1.76. The minimum atomic E-state index is -0.271. The Morgan fingerprint density at radius 2 is 2.17 bits per heavy atom. The van der Waals surface area contributed by atoms with Crippen LogP contribution >= 0.6 is 0 Å². The second kappa shape index (κ2) is 4.12. The van der Waals surface area contributed by atoms with E-state index in [4.69, 9.17) is 10.2 Å². The zero-order valence-electron chi connectivity index (χ0n) is 7.20. The highest BCUT2D eigenvalue weighted by atomic mass is 16.3. The van der Waals surface area contributed by atoms with Crippen molar-refractivity contribution in [1.82, 2.24) is 0 Å². The molecule has 1 aromatic carbocycles. The number of hydrogen-bond donors (Lipinski definition) is 2. The van der Waals surface area contributed by atoms with Crippen LogP contribution in [0.5, 0.6) is 5.75 Å². The summed E-state index contributed by atoms with van der Waals surface area (Å²) in [6.45, 7) is 1.77. The van der Waals surface area contributed by atoms with Crippen molar-refractivity contribution >= 4 is 0 Å². The summed E-state index contributed by atoms with van der Waals surface area (Å²) in [6, 6.07) is 7.13. The predicted molar refractivity (Wildman–Crippen MR) is 48.1 cm³/mol. The molecule has 0 saturated carbocycles. The molecule has 2 nitrogen and oxygen atoms in total. The number of aryl methyl sites for hydroxylation is 1. The zero-order chi connectivity index (χ0) is 8.97. The molecular formula is C10H14O2. The molecule has 0 heterocycles. The molecule has 0 aliphatic carbocycles. The van der Waals surface area contributed by atoms with E-state index in [1.165, 1.54) is 0 Å². The Hall–Kier alpha value is -1.02. The van der Waals surface area contributed by atoms with Crippen LogP contribution in [-0.2, 0) is 6.42 Å². The number of aliphatic hydroxyl groups excluding tert-OH is 1. The molecule has 0 aliphatic rings. The Labute approximate surface area is 72.5 Å². The first-order chi connectivity index (χ1) is 5.68. The molecule has 0 radical (unpaired) electrons. The second-order valence-electron chi connectivity index (χ2n) is 3.06. The van der Waals surface area contributed by atoms with Crippen molar-refractivity contribution in [2.45, 2.75) is 25.9 Å². The minimum absolute atomic E-state index is 0.271. The quantitative estimate of drug-likeness (QED) is 0.717. The van der Waals surface area contributed by atoms with Gasteiger partial charge in [-0.2, -0.15) is 0 Å². The van der Waals surface area contributed by atoms with Crippen LogP contribution in [0.4, 0.5) is 0 Å². The lowest BCUT2D eigenvalue weighted by molar-refractivity contribution is 0.185. The van der Waals surface area contributed by atoms with Gasteiger partial charge in [-0.1, -0.05) is 12.1 Å². The van der Waals surface area contributed by atoms with E-state index in [0.717, 1.165) is 18.4 Å². The smallest absolute Gasteiger partial charge is 0.115 e. The Morgan fingerprint density at radius 3 is 2.75 bits per heavy atom. The molecule has 66 valence electrons. The topological polar surface area (TPSA) is 40.5 Å².